The second kappa shape index (κ2) is 6.08. The SMILES string of the molecule is COC1(c2ccccc2NC(=O)Nc2cccc(C#N)c2)CO1. The Morgan fingerprint density at radius 3 is 2.74 bits per heavy atom. The van der Waals surface area contributed by atoms with Crippen molar-refractivity contribution in [2.75, 3.05) is 24.4 Å². The van der Waals surface area contributed by atoms with Crippen molar-refractivity contribution in [2.45, 2.75) is 5.79 Å². The summed E-state index contributed by atoms with van der Waals surface area (Å²) in [6.45, 7) is 0.452. The van der Waals surface area contributed by atoms with Crippen molar-refractivity contribution in [3.8, 4) is 6.07 Å². The lowest BCUT2D eigenvalue weighted by molar-refractivity contribution is -0.0132. The molecule has 1 fully saturated rings. The molecule has 0 bridgehead atoms. The third-order valence-corrected chi connectivity index (χ3v) is 3.57. The summed E-state index contributed by atoms with van der Waals surface area (Å²) in [7, 11) is 1.57. The number of nitriles is 1. The molecule has 23 heavy (non-hydrogen) atoms. The van der Waals surface area contributed by atoms with Gasteiger partial charge in [0.15, 0.2) is 0 Å². The maximum Gasteiger partial charge on any atom is 0.323 e. The molecule has 1 aliphatic rings. The fourth-order valence-electron chi connectivity index (χ4n) is 2.32. The minimum atomic E-state index is -0.773. The predicted octanol–water partition coefficient (Wildman–Crippen LogP) is 3.03. The number of carbonyl (C=O) groups excluding carboxylic acids is 1. The van der Waals surface area contributed by atoms with Gasteiger partial charge in [-0.2, -0.15) is 5.26 Å². The minimum absolute atomic E-state index is 0.403. The Morgan fingerprint density at radius 1 is 1.26 bits per heavy atom. The van der Waals surface area contributed by atoms with Crippen molar-refractivity contribution < 1.29 is 14.3 Å². The standard InChI is InChI=1S/C17H15N3O3/c1-22-17(11-23-17)14-7-2-3-8-15(14)20-16(21)19-13-6-4-5-12(9-13)10-18/h2-9H,11H2,1H3,(H2,19,20,21). The van der Waals surface area contributed by atoms with Crippen LogP contribution in [0.2, 0.25) is 0 Å². The van der Waals surface area contributed by atoms with Gasteiger partial charge in [-0.15, -0.1) is 0 Å². The smallest absolute Gasteiger partial charge is 0.323 e. The predicted molar refractivity (Wildman–Crippen MR) is 84.9 cm³/mol. The number of methoxy groups -OCH3 is 1. The van der Waals surface area contributed by atoms with Gasteiger partial charge in [0, 0.05) is 18.4 Å². The fourth-order valence-corrected chi connectivity index (χ4v) is 2.32. The summed E-state index contributed by atoms with van der Waals surface area (Å²) in [6, 6.07) is 15.6. The normalized spacial score (nSPS) is 18.8. The second-order valence-electron chi connectivity index (χ2n) is 5.06. The molecule has 1 atom stereocenters. The highest BCUT2D eigenvalue weighted by Crippen LogP contribution is 2.42. The molecule has 0 saturated carbocycles. The van der Waals surface area contributed by atoms with Crippen LogP contribution in [0.5, 0.6) is 0 Å². The van der Waals surface area contributed by atoms with Gasteiger partial charge < -0.3 is 20.1 Å². The van der Waals surface area contributed by atoms with E-state index in [1.807, 2.05) is 24.3 Å². The molecule has 1 aliphatic heterocycles. The van der Waals surface area contributed by atoms with Gasteiger partial charge in [0.05, 0.1) is 17.3 Å². The van der Waals surface area contributed by atoms with Crippen LogP contribution < -0.4 is 10.6 Å². The van der Waals surface area contributed by atoms with Gasteiger partial charge in [0.25, 0.3) is 0 Å². The van der Waals surface area contributed by atoms with E-state index >= 15 is 0 Å². The monoisotopic (exact) mass is 309 g/mol. The van der Waals surface area contributed by atoms with Crippen molar-refractivity contribution >= 4 is 17.4 Å². The van der Waals surface area contributed by atoms with Crippen molar-refractivity contribution in [2.24, 2.45) is 0 Å². The zero-order valence-corrected chi connectivity index (χ0v) is 12.5. The number of nitrogens with one attached hydrogen (secondary N) is 2. The van der Waals surface area contributed by atoms with Crippen LogP contribution in [0.25, 0.3) is 0 Å². The first-order valence-electron chi connectivity index (χ1n) is 7.04. The fraction of sp³-hybridized carbons (Fsp3) is 0.176. The first-order chi connectivity index (χ1) is 11.2. The molecule has 6 nitrogen and oxygen atoms in total. The van der Waals surface area contributed by atoms with E-state index in [0.29, 0.717) is 23.5 Å². The lowest BCUT2D eigenvalue weighted by atomic mass is 10.1. The summed E-state index contributed by atoms with van der Waals surface area (Å²) in [5.74, 6) is -0.773. The molecular weight excluding hydrogens is 294 g/mol. The van der Waals surface area contributed by atoms with Crippen molar-refractivity contribution in [1.82, 2.24) is 0 Å². The molecule has 2 aromatic rings. The highest BCUT2D eigenvalue weighted by molar-refractivity contribution is 6.00. The third kappa shape index (κ3) is 3.16. The first-order valence-corrected chi connectivity index (χ1v) is 7.04. The van der Waals surface area contributed by atoms with Gasteiger partial charge in [-0.05, 0) is 24.3 Å². The number of hydrogen-bond donors (Lipinski definition) is 2. The summed E-state index contributed by atoms with van der Waals surface area (Å²) in [5, 5.41) is 14.4. The molecule has 3 rings (SSSR count). The first kappa shape index (κ1) is 15.0. The molecule has 0 spiro atoms. The molecule has 116 valence electrons. The molecule has 0 aromatic heterocycles. The molecule has 1 heterocycles. The van der Waals surface area contributed by atoms with Crippen LogP contribution in [0, 0.1) is 11.3 Å². The van der Waals surface area contributed by atoms with Crippen LogP contribution in [-0.4, -0.2) is 19.7 Å². The topological polar surface area (TPSA) is 86.7 Å². The van der Waals surface area contributed by atoms with Gasteiger partial charge in [-0.25, -0.2) is 4.79 Å². The number of hydrogen-bond acceptors (Lipinski definition) is 4. The van der Waals surface area contributed by atoms with Crippen LogP contribution in [0.4, 0.5) is 16.2 Å². The van der Waals surface area contributed by atoms with Gasteiger partial charge in [-0.3, -0.25) is 0 Å². The number of amides is 2. The second-order valence-corrected chi connectivity index (χ2v) is 5.06. The van der Waals surface area contributed by atoms with E-state index in [1.165, 1.54) is 0 Å². The average Bonchev–Trinajstić information content (AvgIpc) is 3.36. The Kier molecular flexibility index (Phi) is 3.98. The maximum atomic E-state index is 12.2. The highest BCUT2D eigenvalue weighted by Gasteiger charge is 2.48. The van der Waals surface area contributed by atoms with Crippen molar-refractivity contribution in [3.05, 3.63) is 59.7 Å². The number of urea groups is 1. The Bertz CT molecular complexity index is 779. The summed E-state index contributed by atoms with van der Waals surface area (Å²) in [6.07, 6.45) is 0. The number of para-hydroxylation sites is 1. The van der Waals surface area contributed by atoms with Crippen LogP contribution in [0.1, 0.15) is 11.1 Å². The molecule has 1 unspecified atom stereocenters. The van der Waals surface area contributed by atoms with Gasteiger partial charge >= 0.3 is 6.03 Å². The molecule has 2 aromatic carbocycles. The van der Waals surface area contributed by atoms with Crippen molar-refractivity contribution in [1.29, 1.82) is 5.26 Å². The molecule has 0 radical (unpaired) electrons. The quantitative estimate of drug-likeness (QED) is 0.850. The summed E-state index contributed by atoms with van der Waals surface area (Å²) < 4.78 is 10.7. The average molecular weight is 309 g/mol. The zero-order chi connectivity index (χ0) is 16.3. The Hall–Kier alpha value is -2.88. The summed E-state index contributed by atoms with van der Waals surface area (Å²) >= 11 is 0. The van der Waals surface area contributed by atoms with E-state index in [4.69, 9.17) is 14.7 Å². The Morgan fingerprint density at radius 2 is 2.04 bits per heavy atom. The lowest BCUT2D eigenvalue weighted by Gasteiger charge is -2.16. The van der Waals surface area contributed by atoms with Crippen molar-refractivity contribution in [3.63, 3.8) is 0 Å². The molecule has 2 amide bonds. The number of benzene rings is 2. The van der Waals surface area contributed by atoms with Crippen LogP contribution in [0.15, 0.2) is 48.5 Å². The van der Waals surface area contributed by atoms with E-state index in [1.54, 1.807) is 37.4 Å². The molecule has 0 aliphatic carbocycles. The van der Waals surface area contributed by atoms with Crippen LogP contribution in [-0.2, 0) is 15.3 Å². The molecular formula is C17H15N3O3. The zero-order valence-electron chi connectivity index (χ0n) is 12.5. The molecule has 2 N–H and O–H groups in total. The van der Waals surface area contributed by atoms with E-state index in [-0.39, 0.29) is 0 Å². The van der Waals surface area contributed by atoms with Crippen LogP contribution >= 0.6 is 0 Å². The maximum absolute atomic E-state index is 12.2. The minimum Gasteiger partial charge on any atom is -0.347 e. The largest absolute Gasteiger partial charge is 0.347 e. The van der Waals surface area contributed by atoms with E-state index in [9.17, 15) is 4.79 Å². The Labute approximate surface area is 133 Å². The van der Waals surface area contributed by atoms with E-state index in [0.717, 1.165) is 5.56 Å². The lowest BCUT2D eigenvalue weighted by Crippen LogP contribution is -2.22. The van der Waals surface area contributed by atoms with Gasteiger partial charge in [0.1, 0.15) is 6.61 Å². The highest BCUT2D eigenvalue weighted by atomic mass is 16.8. The number of carbonyl (C=O) groups is 1. The van der Waals surface area contributed by atoms with Gasteiger partial charge in [0.2, 0.25) is 5.79 Å². The third-order valence-electron chi connectivity index (χ3n) is 3.57. The number of ether oxygens (including phenoxy) is 2. The summed E-state index contributed by atoms with van der Waals surface area (Å²) in [5.41, 5.74) is 2.40. The molecule has 1 saturated heterocycles. The number of rotatable bonds is 4. The number of nitrogens with zero attached hydrogens (tertiary/aromatic N) is 1. The molecule has 6 heteroatoms. The number of epoxide rings is 1. The Balaban J connectivity index is 1.75. The number of anilines is 2. The van der Waals surface area contributed by atoms with Crippen LogP contribution in [0.3, 0.4) is 0 Å². The van der Waals surface area contributed by atoms with Gasteiger partial charge in [-0.1, -0.05) is 24.3 Å². The van der Waals surface area contributed by atoms with E-state index in [2.05, 4.69) is 10.6 Å². The van der Waals surface area contributed by atoms with E-state index < -0.39 is 11.8 Å². The summed E-state index contributed by atoms with van der Waals surface area (Å²) in [4.78, 5) is 12.2.